The van der Waals surface area contributed by atoms with E-state index in [1.165, 1.54) is 21.1 Å². The van der Waals surface area contributed by atoms with E-state index in [4.69, 9.17) is 14.2 Å². The summed E-state index contributed by atoms with van der Waals surface area (Å²) >= 11 is 0. The molecule has 28 heavy (non-hydrogen) atoms. The van der Waals surface area contributed by atoms with Gasteiger partial charge in [-0.3, -0.25) is 9.59 Å². The van der Waals surface area contributed by atoms with Crippen molar-refractivity contribution >= 4 is 17.7 Å². The quantitative estimate of drug-likeness (QED) is 0.640. The lowest BCUT2D eigenvalue weighted by Gasteiger charge is -2.28. The van der Waals surface area contributed by atoms with Crippen LogP contribution in [0.1, 0.15) is 51.2 Å². The van der Waals surface area contributed by atoms with Crippen LogP contribution >= 0.6 is 0 Å². The van der Waals surface area contributed by atoms with Gasteiger partial charge in [0.05, 0.1) is 26.0 Å². The summed E-state index contributed by atoms with van der Waals surface area (Å²) in [6, 6.07) is 3.53. The largest absolute Gasteiger partial charge is 0.493 e. The minimum atomic E-state index is -0.477. The molecule has 1 aromatic heterocycles. The van der Waals surface area contributed by atoms with E-state index in [1.807, 2.05) is 25.5 Å². The van der Waals surface area contributed by atoms with Gasteiger partial charge in [0.2, 0.25) is 11.7 Å². The van der Waals surface area contributed by atoms with Gasteiger partial charge in [-0.2, -0.15) is 5.10 Å². The maximum atomic E-state index is 12.4. The van der Waals surface area contributed by atoms with Crippen molar-refractivity contribution in [3.8, 4) is 17.2 Å². The molecule has 1 aliphatic heterocycles. The van der Waals surface area contributed by atoms with Crippen LogP contribution in [-0.2, 0) is 15.1 Å². The molecule has 3 rings (SSSR count). The summed E-state index contributed by atoms with van der Waals surface area (Å²) in [7, 11) is 2.98. The van der Waals surface area contributed by atoms with Crippen LogP contribution in [0.2, 0.25) is 0 Å². The highest BCUT2D eigenvalue weighted by Gasteiger charge is 2.33. The average Bonchev–Trinajstić information content (AvgIpc) is 3.04. The number of esters is 1. The molecule has 0 saturated carbocycles. The first-order valence-electron chi connectivity index (χ1n) is 8.98. The number of anilines is 1. The lowest BCUT2D eigenvalue weighted by molar-refractivity contribution is -0.132. The predicted molar refractivity (Wildman–Crippen MR) is 103 cm³/mol. The lowest BCUT2D eigenvalue weighted by atomic mass is 9.87. The Morgan fingerprint density at radius 3 is 2.32 bits per heavy atom. The second-order valence-corrected chi connectivity index (χ2v) is 7.68. The van der Waals surface area contributed by atoms with Gasteiger partial charge in [0.25, 0.3) is 0 Å². The van der Waals surface area contributed by atoms with Crippen LogP contribution in [0.3, 0.4) is 0 Å². The molecule has 1 amide bonds. The summed E-state index contributed by atoms with van der Waals surface area (Å²) in [6.07, 6.45) is 2.05. The van der Waals surface area contributed by atoms with Gasteiger partial charge in [-0.25, -0.2) is 4.68 Å². The van der Waals surface area contributed by atoms with Crippen LogP contribution in [0.15, 0.2) is 18.3 Å². The van der Waals surface area contributed by atoms with E-state index in [9.17, 15) is 9.59 Å². The summed E-state index contributed by atoms with van der Waals surface area (Å²) in [5.74, 6) is 0.832. The molecule has 1 N–H and O–H groups in total. The first kappa shape index (κ1) is 19.7. The molecule has 1 atom stereocenters. The fourth-order valence-electron chi connectivity index (χ4n) is 3.37. The number of amides is 1. The molecule has 0 saturated heterocycles. The van der Waals surface area contributed by atoms with Gasteiger partial charge >= 0.3 is 5.97 Å². The zero-order valence-electron chi connectivity index (χ0n) is 17.0. The van der Waals surface area contributed by atoms with E-state index in [1.54, 1.807) is 18.3 Å². The molecule has 1 aromatic carbocycles. The number of hydrogen-bond donors (Lipinski definition) is 1. The molecule has 8 nitrogen and oxygen atoms in total. The van der Waals surface area contributed by atoms with Crippen molar-refractivity contribution in [2.75, 3.05) is 19.5 Å². The molecule has 2 aromatic rings. The molecule has 0 fully saturated rings. The second-order valence-electron chi connectivity index (χ2n) is 7.68. The van der Waals surface area contributed by atoms with Gasteiger partial charge in [0.15, 0.2) is 11.5 Å². The van der Waals surface area contributed by atoms with Crippen molar-refractivity contribution < 1.29 is 23.8 Å². The van der Waals surface area contributed by atoms with Gasteiger partial charge in [0, 0.05) is 24.8 Å². The monoisotopic (exact) mass is 387 g/mol. The van der Waals surface area contributed by atoms with Crippen LogP contribution in [0.4, 0.5) is 5.82 Å². The number of aromatic nitrogens is 2. The van der Waals surface area contributed by atoms with E-state index in [-0.39, 0.29) is 29.5 Å². The number of carbonyl (C=O) groups is 2. The number of nitrogens with one attached hydrogen (secondary N) is 1. The van der Waals surface area contributed by atoms with E-state index >= 15 is 0 Å². The Morgan fingerprint density at radius 2 is 1.82 bits per heavy atom. The first-order valence-corrected chi connectivity index (χ1v) is 8.98. The molecule has 0 bridgehead atoms. The molecule has 1 aliphatic rings. The third-order valence-electron chi connectivity index (χ3n) is 4.59. The molecule has 0 radical (unpaired) electrons. The summed E-state index contributed by atoms with van der Waals surface area (Å²) in [4.78, 5) is 23.9. The summed E-state index contributed by atoms with van der Waals surface area (Å²) in [5.41, 5.74) is 1.45. The number of hydrogen-bond acceptors (Lipinski definition) is 6. The van der Waals surface area contributed by atoms with Crippen LogP contribution in [0.25, 0.3) is 0 Å². The van der Waals surface area contributed by atoms with Crippen LogP contribution in [-0.4, -0.2) is 35.9 Å². The number of rotatable bonds is 4. The maximum Gasteiger partial charge on any atom is 0.308 e. The van der Waals surface area contributed by atoms with Crippen molar-refractivity contribution in [3.63, 3.8) is 0 Å². The van der Waals surface area contributed by atoms with Crippen molar-refractivity contribution in [3.05, 3.63) is 29.5 Å². The Bertz CT molecular complexity index is 901. The van der Waals surface area contributed by atoms with Gasteiger partial charge < -0.3 is 19.5 Å². The van der Waals surface area contributed by atoms with Crippen molar-refractivity contribution in [1.29, 1.82) is 0 Å². The highest BCUT2D eigenvalue weighted by atomic mass is 16.6. The zero-order chi connectivity index (χ0) is 20.6. The minimum absolute atomic E-state index is 0.0921. The van der Waals surface area contributed by atoms with Gasteiger partial charge in [0.1, 0.15) is 5.82 Å². The fourth-order valence-corrected chi connectivity index (χ4v) is 3.37. The van der Waals surface area contributed by atoms with Gasteiger partial charge in [-0.05, 0) is 38.5 Å². The zero-order valence-corrected chi connectivity index (χ0v) is 17.0. The van der Waals surface area contributed by atoms with E-state index in [2.05, 4.69) is 10.4 Å². The molecule has 0 unspecified atom stereocenters. The van der Waals surface area contributed by atoms with Crippen molar-refractivity contribution in [1.82, 2.24) is 9.78 Å². The normalized spacial score (nSPS) is 16.2. The Morgan fingerprint density at radius 1 is 1.21 bits per heavy atom. The lowest BCUT2D eigenvalue weighted by Crippen LogP contribution is -2.30. The number of nitrogens with zero attached hydrogens (tertiary/aromatic N) is 2. The van der Waals surface area contributed by atoms with Crippen molar-refractivity contribution in [2.24, 2.45) is 0 Å². The maximum absolute atomic E-state index is 12.4. The van der Waals surface area contributed by atoms with Crippen LogP contribution < -0.4 is 19.5 Å². The van der Waals surface area contributed by atoms with Crippen LogP contribution in [0.5, 0.6) is 17.2 Å². The highest BCUT2D eigenvalue weighted by Crippen LogP contribution is 2.45. The predicted octanol–water partition coefficient (Wildman–Crippen LogP) is 3.05. The third-order valence-corrected chi connectivity index (χ3v) is 4.59. The molecule has 0 aliphatic carbocycles. The topological polar surface area (TPSA) is 91.7 Å². The van der Waals surface area contributed by atoms with E-state index in [0.717, 1.165) is 11.1 Å². The number of ether oxygens (including phenoxy) is 3. The summed E-state index contributed by atoms with van der Waals surface area (Å²) < 4.78 is 17.9. The molecule has 2 heterocycles. The number of fused-ring (bicyclic) bond motifs is 1. The molecular formula is C20H25N3O5. The Balaban J connectivity index is 2.13. The Labute approximate surface area is 163 Å². The standard InChI is InChI=1S/C20H25N3O5/c1-11(24)28-18-15(26-5)7-12(8-16(18)27-6)13-9-17(25)22-19-14(13)10-21-23(19)20(2,3)4/h7-8,10,13H,9H2,1-6H3,(H,22,25)/t13-/m1/s1. The van der Waals surface area contributed by atoms with E-state index in [0.29, 0.717) is 17.3 Å². The summed E-state index contributed by atoms with van der Waals surface area (Å²) in [6.45, 7) is 7.38. The molecule has 8 heteroatoms. The Hall–Kier alpha value is -3.03. The smallest absolute Gasteiger partial charge is 0.308 e. The fraction of sp³-hybridized carbons (Fsp3) is 0.450. The number of carbonyl (C=O) groups excluding carboxylic acids is 2. The molecule has 0 spiro atoms. The molecular weight excluding hydrogens is 362 g/mol. The minimum Gasteiger partial charge on any atom is -0.493 e. The molecule has 150 valence electrons. The SMILES string of the molecule is COc1cc([C@H]2CC(=O)Nc3c2cnn3C(C)(C)C)cc(OC)c1OC(C)=O. The number of benzene rings is 1. The van der Waals surface area contributed by atoms with Crippen LogP contribution in [0, 0.1) is 0 Å². The summed E-state index contributed by atoms with van der Waals surface area (Å²) in [5, 5.41) is 7.43. The van der Waals surface area contributed by atoms with Gasteiger partial charge in [-0.15, -0.1) is 0 Å². The Kier molecular flexibility index (Phi) is 5.06. The van der Waals surface area contributed by atoms with E-state index < -0.39 is 5.97 Å². The number of methoxy groups -OCH3 is 2. The average molecular weight is 387 g/mol. The second kappa shape index (κ2) is 7.18. The van der Waals surface area contributed by atoms with Crippen molar-refractivity contribution in [2.45, 2.75) is 45.6 Å². The first-order chi connectivity index (χ1) is 13.2. The highest BCUT2D eigenvalue weighted by molar-refractivity contribution is 5.94. The third kappa shape index (κ3) is 3.54. The van der Waals surface area contributed by atoms with Gasteiger partial charge in [-0.1, -0.05) is 0 Å².